The van der Waals surface area contributed by atoms with E-state index >= 15 is 0 Å². The highest BCUT2D eigenvalue weighted by molar-refractivity contribution is 5.95. The average Bonchev–Trinajstić information content (AvgIpc) is 3.05. The molecule has 9 heteroatoms. The van der Waals surface area contributed by atoms with Gasteiger partial charge in [-0.05, 0) is 36.8 Å². The van der Waals surface area contributed by atoms with Gasteiger partial charge in [0.25, 0.3) is 5.91 Å². The summed E-state index contributed by atoms with van der Waals surface area (Å²) in [7, 11) is 1.63. The lowest BCUT2D eigenvalue weighted by atomic mass is 9.71. The monoisotopic (exact) mass is 406 g/mol. The number of hydrogen-bond donors (Lipinski definition) is 0. The second kappa shape index (κ2) is 6.32. The van der Waals surface area contributed by atoms with Crippen molar-refractivity contribution in [1.82, 2.24) is 24.1 Å². The molecule has 0 N–H and O–H groups in total. The summed E-state index contributed by atoms with van der Waals surface area (Å²) < 4.78 is 8.66. The van der Waals surface area contributed by atoms with Crippen LogP contribution in [0.5, 0.6) is 5.75 Å². The second-order valence-electron chi connectivity index (χ2n) is 8.48. The van der Waals surface area contributed by atoms with Gasteiger partial charge >= 0.3 is 5.69 Å². The van der Waals surface area contributed by atoms with E-state index in [0.29, 0.717) is 47.8 Å². The van der Waals surface area contributed by atoms with Gasteiger partial charge in [-0.15, -0.1) is 0 Å². The molecule has 30 heavy (non-hydrogen) atoms. The van der Waals surface area contributed by atoms with Crippen molar-refractivity contribution in [2.75, 3.05) is 31.1 Å². The fourth-order valence-electron chi connectivity index (χ4n) is 4.92. The van der Waals surface area contributed by atoms with Gasteiger partial charge in [0, 0.05) is 44.3 Å². The van der Waals surface area contributed by atoms with Crippen molar-refractivity contribution in [2.24, 2.45) is 18.9 Å². The van der Waals surface area contributed by atoms with Crippen LogP contribution in [0.2, 0.25) is 0 Å². The van der Waals surface area contributed by atoms with E-state index in [1.54, 1.807) is 25.5 Å². The molecule has 1 aliphatic carbocycles. The third-order valence-electron chi connectivity index (χ3n) is 6.45. The number of anilines is 2. The highest BCUT2D eigenvalue weighted by Gasteiger charge is 2.39. The van der Waals surface area contributed by atoms with Crippen LogP contribution >= 0.6 is 0 Å². The standard InChI is InChI=1S/C21H22N6O3/c1-24-21(29)27-3-2-16(9-18(27)23-24)26-4-5-30-17-8-15(10-22-19(17)26)20(28)25-11-13-6-14(7-13)12-25/h2-3,8-10,13-14H,4-7,11-12H2,1H3. The molecule has 3 aromatic rings. The van der Waals surface area contributed by atoms with Gasteiger partial charge in [-0.25, -0.2) is 14.5 Å². The Morgan fingerprint density at radius 1 is 1.20 bits per heavy atom. The fraction of sp³-hybridized carbons (Fsp3) is 0.429. The van der Waals surface area contributed by atoms with Gasteiger partial charge in [-0.2, -0.15) is 5.10 Å². The van der Waals surface area contributed by atoms with Crippen LogP contribution in [0.3, 0.4) is 0 Å². The number of rotatable bonds is 2. The maximum absolute atomic E-state index is 13.0. The number of carbonyl (C=O) groups is 1. The highest BCUT2D eigenvalue weighted by Crippen LogP contribution is 2.40. The molecule has 3 aliphatic heterocycles. The molecule has 0 atom stereocenters. The molecule has 7 rings (SSSR count). The number of amides is 1. The summed E-state index contributed by atoms with van der Waals surface area (Å²) in [5, 5.41) is 4.26. The van der Waals surface area contributed by atoms with E-state index in [-0.39, 0.29) is 11.6 Å². The molecule has 1 saturated carbocycles. The highest BCUT2D eigenvalue weighted by atomic mass is 16.5. The van der Waals surface area contributed by atoms with E-state index in [0.717, 1.165) is 18.8 Å². The van der Waals surface area contributed by atoms with E-state index in [9.17, 15) is 9.59 Å². The van der Waals surface area contributed by atoms with Gasteiger partial charge in [0.15, 0.2) is 17.2 Å². The first-order valence-electron chi connectivity index (χ1n) is 10.3. The van der Waals surface area contributed by atoms with Crippen LogP contribution in [0, 0.1) is 11.8 Å². The molecular formula is C21H22N6O3. The molecule has 4 aliphatic rings. The van der Waals surface area contributed by atoms with Gasteiger partial charge in [-0.1, -0.05) is 0 Å². The van der Waals surface area contributed by atoms with Crippen LogP contribution in [0.15, 0.2) is 35.4 Å². The number of ether oxygens (including phenoxy) is 1. The third kappa shape index (κ3) is 2.61. The van der Waals surface area contributed by atoms with Crippen LogP contribution in [0.25, 0.3) is 5.65 Å². The van der Waals surface area contributed by atoms with Crippen LogP contribution in [0.4, 0.5) is 11.5 Å². The lowest BCUT2D eigenvalue weighted by Crippen LogP contribution is -2.50. The van der Waals surface area contributed by atoms with Crippen LogP contribution in [0.1, 0.15) is 23.2 Å². The van der Waals surface area contributed by atoms with Crippen molar-refractivity contribution in [3.05, 3.63) is 46.6 Å². The van der Waals surface area contributed by atoms with E-state index in [2.05, 4.69) is 10.1 Å². The van der Waals surface area contributed by atoms with Crippen molar-refractivity contribution < 1.29 is 9.53 Å². The fourth-order valence-corrected chi connectivity index (χ4v) is 4.92. The third-order valence-corrected chi connectivity index (χ3v) is 6.45. The smallest absolute Gasteiger partial charge is 0.350 e. The summed E-state index contributed by atoms with van der Waals surface area (Å²) in [4.78, 5) is 33.6. The molecule has 3 aromatic heterocycles. The minimum atomic E-state index is -0.185. The number of carbonyl (C=O) groups excluding carboxylic acids is 1. The summed E-state index contributed by atoms with van der Waals surface area (Å²) >= 11 is 0. The Hall–Kier alpha value is -3.36. The maximum atomic E-state index is 13.0. The minimum Gasteiger partial charge on any atom is -0.488 e. The molecule has 0 aromatic carbocycles. The van der Waals surface area contributed by atoms with Crippen molar-refractivity contribution >= 4 is 23.1 Å². The minimum absolute atomic E-state index is 0.0368. The Morgan fingerprint density at radius 3 is 2.80 bits per heavy atom. The van der Waals surface area contributed by atoms with Crippen LogP contribution in [-0.4, -0.2) is 56.2 Å². The molecule has 3 fully saturated rings. The first kappa shape index (κ1) is 17.5. The van der Waals surface area contributed by atoms with E-state index < -0.39 is 0 Å². The number of pyridine rings is 2. The maximum Gasteiger partial charge on any atom is 0.350 e. The summed E-state index contributed by atoms with van der Waals surface area (Å²) in [5.74, 6) is 2.64. The normalized spacial score (nSPS) is 22.4. The molecule has 9 nitrogen and oxygen atoms in total. The Kier molecular flexibility index (Phi) is 3.68. The van der Waals surface area contributed by atoms with E-state index in [1.807, 2.05) is 21.9 Å². The molecule has 2 bridgehead atoms. The summed E-state index contributed by atoms with van der Waals surface area (Å²) in [5.41, 5.74) is 1.84. The van der Waals surface area contributed by atoms with Crippen molar-refractivity contribution in [2.45, 2.75) is 12.8 Å². The molecule has 2 saturated heterocycles. The average molecular weight is 406 g/mol. The van der Waals surface area contributed by atoms with Crippen molar-refractivity contribution in [3.63, 3.8) is 0 Å². The topological polar surface area (TPSA) is 85.0 Å². The summed E-state index contributed by atoms with van der Waals surface area (Å²) in [6.07, 6.45) is 5.88. The lowest BCUT2D eigenvalue weighted by molar-refractivity contribution is 0.0228. The van der Waals surface area contributed by atoms with Gasteiger partial charge in [0.05, 0.1) is 12.1 Å². The number of hydrogen-bond acceptors (Lipinski definition) is 6. The molecule has 6 heterocycles. The zero-order chi connectivity index (χ0) is 20.4. The zero-order valence-corrected chi connectivity index (χ0v) is 16.7. The summed E-state index contributed by atoms with van der Waals surface area (Å²) in [6, 6.07) is 5.53. The predicted octanol–water partition coefficient (Wildman–Crippen LogP) is 1.44. The van der Waals surface area contributed by atoms with Gasteiger partial charge < -0.3 is 14.5 Å². The quantitative estimate of drug-likeness (QED) is 0.640. The van der Waals surface area contributed by atoms with Crippen LogP contribution < -0.4 is 15.3 Å². The Labute approximate surface area is 172 Å². The molecule has 1 amide bonds. The Morgan fingerprint density at radius 2 is 2.00 bits per heavy atom. The summed E-state index contributed by atoms with van der Waals surface area (Å²) in [6.45, 7) is 2.81. The Balaban J connectivity index is 1.32. The van der Waals surface area contributed by atoms with Gasteiger partial charge in [0.2, 0.25) is 0 Å². The number of fused-ring (bicyclic) bond motifs is 4. The molecule has 0 unspecified atom stereocenters. The zero-order valence-electron chi connectivity index (χ0n) is 16.7. The van der Waals surface area contributed by atoms with Crippen LogP contribution in [-0.2, 0) is 7.05 Å². The Bertz CT molecular complexity index is 1220. The number of piperidine rings is 2. The molecular weight excluding hydrogens is 384 g/mol. The van der Waals surface area contributed by atoms with E-state index in [1.165, 1.54) is 21.9 Å². The first-order valence-corrected chi connectivity index (χ1v) is 10.3. The largest absolute Gasteiger partial charge is 0.488 e. The van der Waals surface area contributed by atoms with E-state index in [4.69, 9.17) is 4.74 Å². The van der Waals surface area contributed by atoms with Gasteiger partial charge in [-0.3, -0.25) is 9.20 Å². The lowest BCUT2D eigenvalue weighted by Gasteiger charge is -2.47. The molecule has 154 valence electrons. The predicted molar refractivity (Wildman–Crippen MR) is 109 cm³/mol. The molecule has 0 spiro atoms. The van der Waals surface area contributed by atoms with Gasteiger partial charge in [0.1, 0.15) is 6.61 Å². The molecule has 0 radical (unpaired) electrons. The first-order chi connectivity index (χ1) is 14.6. The second-order valence-corrected chi connectivity index (χ2v) is 8.48. The number of aryl methyl sites for hydroxylation is 1. The SMILES string of the molecule is Cn1nc2cc(N3CCOc4cc(C(=O)N5CC6CC(C6)C5)cnc43)ccn2c1=O. The number of aromatic nitrogens is 4. The van der Waals surface area contributed by atoms with Crippen molar-refractivity contribution in [1.29, 1.82) is 0 Å². The van der Waals surface area contributed by atoms with Crippen molar-refractivity contribution in [3.8, 4) is 5.75 Å². The number of nitrogens with zero attached hydrogens (tertiary/aromatic N) is 6.